The van der Waals surface area contributed by atoms with Gasteiger partial charge >= 0.3 is 5.97 Å². The van der Waals surface area contributed by atoms with Gasteiger partial charge in [0, 0.05) is 13.2 Å². The van der Waals surface area contributed by atoms with E-state index in [-0.39, 0.29) is 11.7 Å². The van der Waals surface area contributed by atoms with Gasteiger partial charge < -0.3 is 4.74 Å². The molecule has 1 heterocycles. The van der Waals surface area contributed by atoms with Crippen molar-refractivity contribution in [3.63, 3.8) is 0 Å². The number of nitrogens with zero attached hydrogens (tertiary/aromatic N) is 2. The van der Waals surface area contributed by atoms with E-state index in [0.717, 1.165) is 0 Å². The number of carbonyl (C=O) groups is 1. The van der Waals surface area contributed by atoms with Crippen LogP contribution in [0.3, 0.4) is 0 Å². The molecule has 0 saturated heterocycles. The Morgan fingerprint density at radius 2 is 2.13 bits per heavy atom. The molecule has 4 nitrogen and oxygen atoms in total. The van der Waals surface area contributed by atoms with Crippen molar-refractivity contribution in [1.29, 1.82) is 0 Å². The molecule has 0 aromatic carbocycles. The molecule has 84 valence electrons. The van der Waals surface area contributed by atoms with E-state index < -0.39 is 18.1 Å². The average Bonchev–Trinajstić information content (AvgIpc) is 2.46. The van der Waals surface area contributed by atoms with Crippen molar-refractivity contribution >= 4 is 5.97 Å². The molecule has 1 aromatic heterocycles. The second kappa shape index (κ2) is 4.37. The van der Waals surface area contributed by atoms with Crippen LogP contribution >= 0.6 is 0 Å². The Kier molecular flexibility index (Phi) is 3.39. The highest BCUT2D eigenvalue weighted by atomic mass is 19.3. The van der Waals surface area contributed by atoms with Gasteiger partial charge in [0.25, 0.3) is 6.43 Å². The lowest BCUT2D eigenvalue weighted by atomic mass is 10.2. The van der Waals surface area contributed by atoms with Crippen LogP contribution in [-0.2, 0) is 11.8 Å². The number of hydrogen-bond acceptors (Lipinski definition) is 3. The first-order valence-electron chi connectivity index (χ1n) is 4.44. The first-order valence-corrected chi connectivity index (χ1v) is 4.44. The third-order valence-corrected chi connectivity index (χ3v) is 1.63. The number of rotatable bonds is 3. The first-order chi connectivity index (χ1) is 6.91. The molecule has 15 heavy (non-hydrogen) atoms. The van der Waals surface area contributed by atoms with E-state index in [0.29, 0.717) is 0 Å². The molecule has 1 aromatic rings. The van der Waals surface area contributed by atoms with Crippen LogP contribution < -0.4 is 0 Å². The zero-order valence-electron chi connectivity index (χ0n) is 8.70. The maximum atomic E-state index is 12.5. The summed E-state index contributed by atoms with van der Waals surface area (Å²) in [5.74, 6) is -0.770. The number of carbonyl (C=O) groups excluding carboxylic acids is 1. The van der Waals surface area contributed by atoms with Gasteiger partial charge in [-0.15, -0.1) is 0 Å². The lowest BCUT2D eigenvalue weighted by Crippen LogP contribution is -2.12. The van der Waals surface area contributed by atoms with Crippen molar-refractivity contribution in [2.24, 2.45) is 7.05 Å². The molecule has 0 aliphatic rings. The van der Waals surface area contributed by atoms with Crippen molar-refractivity contribution < 1.29 is 18.3 Å². The van der Waals surface area contributed by atoms with Crippen LogP contribution in [0.5, 0.6) is 0 Å². The Bertz CT molecular complexity index is 361. The molecule has 0 aliphatic carbocycles. The molecular weight excluding hydrogens is 206 g/mol. The largest absolute Gasteiger partial charge is 0.459 e. The monoisotopic (exact) mass is 218 g/mol. The molecule has 0 spiro atoms. The van der Waals surface area contributed by atoms with Crippen LogP contribution in [0, 0.1) is 0 Å². The molecule has 0 N–H and O–H groups in total. The molecule has 0 aliphatic heterocycles. The van der Waals surface area contributed by atoms with E-state index in [4.69, 9.17) is 4.74 Å². The van der Waals surface area contributed by atoms with Gasteiger partial charge in [-0.25, -0.2) is 13.6 Å². The molecule has 0 amide bonds. The van der Waals surface area contributed by atoms with Crippen molar-refractivity contribution in [2.75, 3.05) is 0 Å². The first kappa shape index (κ1) is 11.6. The standard InChI is InChI=1S/C9H12F2N2O2/c1-5(2)15-9(14)6-4-13(3)12-7(6)8(10)11/h4-5,8H,1-3H3. The van der Waals surface area contributed by atoms with Crippen LogP contribution in [0.15, 0.2) is 6.20 Å². The molecular formula is C9H12F2N2O2. The minimum atomic E-state index is -2.78. The number of esters is 1. The normalized spacial score (nSPS) is 11.1. The van der Waals surface area contributed by atoms with E-state index in [2.05, 4.69) is 5.10 Å². The van der Waals surface area contributed by atoms with Crippen molar-refractivity contribution in [3.05, 3.63) is 17.5 Å². The van der Waals surface area contributed by atoms with E-state index in [9.17, 15) is 13.6 Å². The summed E-state index contributed by atoms with van der Waals surface area (Å²) in [4.78, 5) is 11.4. The fraction of sp³-hybridized carbons (Fsp3) is 0.556. The molecule has 0 atom stereocenters. The molecule has 6 heteroatoms. The Morgan fingerprint density at radius 1 is 1.53 bits per heavy atom. The topological polar surface area (TPSA) is 44.1 Å². The lowest BCUT2D eigenvalue weighted by molar-refractivity contribution is 0.0368. The highest BCUT2D eigenvalue weighted by Crippen LogP contribution is 2.21. The molecule has 0 unspecified atom stereocenters. The molecule has 0 bridgehead atoms. The number of aromatic nitrogens is 2. The highest BCUT2D eigenvalue weighted by Gasteiger charge is 2.24. The minimum absolute atomic E-state index is 0.179. The average molecular weight is 218 g/mol. The predicted octanol–water partition coefficient (Wildman–Crippen LogP) is 1.92. The Morgan fingerprint density at radius 3 is 2.60 bits per heavy atom. The predicted molar refractivity (Wildman–Crippen MR) is 48.7 cm³/mol. The molecule has 0 radical (unpaired) electrons. The molecule has 1 rings (SSSR count). The van der Waals surface area contributed by atoms with Crippen molar-refractivity contribution in [3.8, 4) is 0 Å². The van der Waals surface area contributed by atoms with Crippen LogP contribution in [0.2, 0.25) is 0 Å². The van der Waals surface area contributed by atoms with Crippen LogP contribution in [0.1, 0.15) is 36.3 Å². The summed E-state index contributed by atoms with van der Waals surface area (Å²) < 4.78 is 30.9. The third-order valence-electron chi connectivity index (χ3n) is 1.63. The minimum Gasteiger partial charge on any atom is -0.459 e. The van der Waals surface area contributed by atoms with Gasteiger partial charge in [-0.2, -0.15) is 5.10 Å². The van der Waals surface area contributed by atoms with Gasteiger partial charge in [-0.1, -0.05) is 0 Å². The summed E-state index contributed by atoms with van der Waals surface area (Å²) in [6, 6.07) is 0. The van der Waals surface area contributed by atoms with E-state index in [1.165, 1.54) is 17.9 Å². The molecule has 0 fully saturated rings. The van der Waals surface area contributed by atoms with Crippen molar-refractivity contribution in [1.82, 2.24) is 9.78 Å². The zero-order chi connectivity index (χ0) is 11.6. The maximum absolute atomic E-state index is 12.5. The van der Waals surface area contributed by atoms with Crippen LogP contribution in [0.4, 0.5) is 8.78 Å². The number of aryl methyl sites for hydroxylation is 1. The SMILES string of the molecule is CC(C)OC(=O)c1cn(C)nc1C(F)F. The lowest BCUT2D eigenvalue weighted by Gasteiger charge is -2.06. The van der Waals surface area contributed by atoms with Crippen LogP contribution in [-0.4, -0.2) is 21.9 Å². The van der Waals surface area contributed by atoms with Gasteiger partial charge in [-0.3, -0.25) is 4.68 Å². The Hall–Kier alpha value is -1.46. The summed E-state index contributed by atoms with van der Waals surface area (Å²) in [5, 5.41) is 3.50. The fourth-order valence-electron chi connectivity index (χ4n) is 1.10. The second-order valence-corrected chi connectivity index (χ2v) is 3.36. The van der Waals surface area contributed by atoms with Gasteiger partial charge in [0.05, 0.1) is 6.10 Å². The van der Waals surface area contributed by atoms with E-state index >= 15 is 0 Å². The quantitative estimate of drug-likeness (QED) is 0.728. The summed E-state index contributed by atoms with van der Waals surface area (Å²) in [6.45, 7) is 3.30. The van der Waals surface area contributed by atoms with Gasteiger partial charge in [0.2, 0.25) is 0 Å². The number of ether oxygens (including phenoxy) is 1. The second-order valence-electron chi connectivity index (χ2n) is 3.36. The third kappa shape index (κ3) is 2.74. The van der Waals surface area contributed by atoms with Gasteiger partial charge in [-0.05, 0) is 13.8 Å². The van der Waals surface area contributed by atoms with Crippen molar-refractivity contribution in [2.45, 2.75) is 26.4 Å². The maximum Gasteiger partial charge on any atom is 0.342 e. The number of hydrogen-bond donors (Lipinski definition) is 0. The zero-order valence-corrected chi connectivity index (χ0v) is 8.70. The summed E-state index contributed by atoms with van der Waals surface area (Å²) in [7, 11) is 1.47. The highest BCUT2D eigenvalue weighted by molar-refractivity contribution is 5.90. The van der Waals surface area contributed by atoms with E-state index in [1.54, 1.807) is 13.8 Å². The van der Waals surface area contributed by atoms with E-state index in [1.807, 2.05) is 0 Å². The summed E-state index contributed by atoms with van der Waals surface area (Å²) in [6.07, 6.45) is -1.89. The summed E-state index contributed by atoms with van der Waals surface area (Å²) >= 11 is 0. The summed E-state index contributed by atoms with van der Waals surface area (Å²) in [5.41, 5.74) is -0.718. The Balaban J connectivity index is 2.97. The van der Waals surface area contributed by atoms with Gasteiger partial charge in [0.1, 0.15) is 11.3 Å². The number of alkyl halides is 2. The molecule has 0 saturated carbocycles. The Labute approximate surface area is 85.8 Å². The smallest absolute Gasteiger partial charge is 0.342 e. The fourth-order valence-corrected chi connectivity index (χ4v) is 1.10. The number of halogens is 2. The van der Waals surface area contributed by atoms with Crippen LogP contribution in [0.25, 0.3) is 0 Å². The van der Waals surface area contributed by atoms with Gasteiger partial charge in [0.15, 0.2) is 0 Å².